The van der Waals surface area contributed by atoms with E-state index < -0.39 is 0 Å². The maximum Gasteiger partial charge on any atom is 0.277 e. The summed E-state index contributed by atoms with van der Waals surface area (Å²) < 4.78 is 15.9. The molecule has 2 aromatic carbocycles. The van der Waals surface area contributed by atoms with Crippen molar-refractivity contribution in [2.45, 2.75) is 26.2 Å². The van der Waals surface area contributed by atoms with E-state index in [1.54, 1.807) is 26.4 Å². The molecule has 0 atom stereocenters. The van der Waals surface area contributed by atoms with Crippen LogP contribution in [0.15, 0.2) is 47.6 Å². The number of aryl methyl sites for hydroxylation is 1. The lowest BCUT2D eigenvalue weighted by Gasteiger charge is -2.07. The van der Waals surface area contributed by atoms with Crippen molar-refractivity contribution in [3.8, 4) is 17.2 Å². The first-order valence-electron chi connectivity index (χ1n) is 8.92. The number of methoxy groups -OCH3 is 2. The topological polar surface area (TPSA) is 69.2 Å². The number of carbonyl (C=O) groups excluding carboxylic acids is 1. The summed E-state index contributed by atoms with van der Waals surface area (Å²) >= 11 is 0. The Labute approximate surface area is 160 Å². The van der Waals surface area contributed by atoms with Gasteiger partial charge < -0.3 is 14.2 Å². The molecule has 0 aliphatic carbocycles. The molecule has 144 valence electrons. The van der Waals surface area contributed by atoms with Gasteiger partial charge in [0.25, 0.3) is 5.91 Å². The van der Waals surface area contributed by atoms with Crippen LogP contribution in [0.25, 0.3) is 0 Å². The van der Waals surface area contributed by atoms with Crippen LogP contribution in [0.1, 0.15) is 30.9 Å². The molecule has 2 aromatic rings. The summed E-state index contributed by atoms with van der Waals surface area (Å²) in [7, 11) is 3.14. The normalized spacial score (nSPS) is 10.6. The Morgan fingerprint density at radius 1 is 1.07 bits per heavy atom. The summed E-state index contributed by atoms with van der Waals surface area (Å²) in [4.78, 5) is 11.8. The fourth-order valence-electron chi connectivity index (χ4n) is 2.43. The number of nitrogens with zero attached hydrogens (tertiary/aromatic N) is 1. The number of hydrogen-bond acceptors (Lipinski definition) is 5. The van der Waals surface area contributed by atoms with Gasteiger partial charge in [-0.3, -0.25) is 4.79 Å². The second kappa shape index (κ2) is 10.9. The lowest BCUT2D eigenvalue weighted by atomic mass is 10.1. The van der Waals surface area contributed by atoms with Gasteiger partial charge in [0.15, 0.2) is 18.1 Å². The minimum atomic E-state index is -0.332. The highest BCUT2D eigenvalue weighted by molar-refractivity contribution is 5.83. The first-order chi connectivity index (χ1) is 13.2. The molecule has 0 spiro atoms. The van der Waals surface area contributed by atoms with Crippen molar-refractivity contribution in [3.05, 3.63) is 53.6 Å². The number of hydrazone groups is 1. The molecule has 0 saturated heterocycles. The fourth-order valence-corrected chi connectivity index (χ4v) is 2.43. The lowest BCUT2D eigenvalue weighted by molar-refractivity contribution is -0.123. The number of amides is 1. The summed E-state index contributed by atoms with van der Waals surface area (Å²) in [6, 6.07) is 13.2. The van der Waals surface area contributed by atoms with Gasteiger partial charge in [0.2, 0.25) is 0 Å². The molecular weight excluding hydrogens is 344 g/mol. The molecule has 6 heteroatoms. The monoisotopic (exact) mass is 370 g/mol. The molecular formula is C21H26N2O4. The van der Waals surface area contributed by atoms with Crippen molar-refractivity contribution in [3.63, 3.8) is 0 Å². The van der Waals surface area contributed by atoms with Gasteiger partial charge in [-0.1, -0.05) is 25.5 Å². The average molecular weight is 370 g/mol. The molecule has 0 fully saturated rings. The highest BCUT2D eigenvalue weighted by atomic mass is 16.5. The lowest BCUT2D eigenvalue weighted by Crippen LogP contribution is -2.24. The van der Waals surface area contributed by atoms with Gasteiger partial charge in [0, 0.05) is 0 Å². The minimum Gasteiger partial charge on any atom is -0.493 e. The Balaban J connectivity index is 1.79. The van der Waals surface area contributed by atoms with E-state index in [9.17, 15) is 4.79 Å². The van der Waals surface area contributed by atoms with E-state index in [0.717, 1.165) is 12.0 Å². The first-order valence-corrected chi connectivity index (χ1v) is 8.92. The number of nitrogens with one attached hydrogen (secondary N) is 1. The van der Waals surface area contributed by atoms with Crippen molar-refractivity contribution in [1.82, 2.24) is 5.43 Å². The van der Waals surface area contributed by atoms with E-state index >= 15 is 0 Å². The van der Waals surface area contributed by atoms with Gasteiger partial charge >= 0.3 is 0 Å². The van der Waals surface area contributed by atoms with E-state index in [4.69, 9.17) is 14.2 Å². The molecule has 0 aliphatic rings. The van der Waals surface area contributed by atoms with Crippen molar-refractivity contribution in [2.24, 2.45) is 5.10 Å². The van der Waals surface area contributed by atoms with Crippen molar-refractivity contribution < 1.29 is 19.0 Å². The van der Waals surface area contributed by atoms with Crippen LogP contribution >= 0.6 is 0 Å². The van der Waals surface area contributed by atoms with Crippen LogP contribution in [0, 0.1) is 0 Å². The summed E-state index contributed by atoms with van der Waals surface area (Å²) in [5.74, 6) is 1.56. The van der Waals surface area contributed by atoms with Crippen LogP contribution in [-0.4, -0.2) is 32.9 Å². The van der Waals surface area contributed by atoms with E-state index in [1.165, 1.54) is 24.6 Å². The molecule has 0 heterocycles. The second-order valence-corrected chi connectivity index (χ2v) is 5.94. The molecule has 0 aliphatic heterocycles. The standard InChI is InChI=1S/C21H26N2O4/c1-4-5-6-16-7-10-18(11-8-16)27-15-21(24)23-22-14-17-9-12-19(25-2)20(13-17)26-3/h7-14H,4-6,15H2,1-3H3,(H,23,24)/b22-14+. The van der Waals surface area contributed by atoms with Crippen LogP contribution in [0.3, 0.4) is 0 Å². The zero-order valence-electron chi connectivity index (χ0n) is 16.0. The van der Waals surface area contributed by atoms with Crippen LogP contribution in [0.5, 0.6) is 17.2 Å². The molecule has 2 rings (SSSR count). The molecule has 0 bridgehead atoms. The van der Waals surface area contributed by atoms with Gasteiger partial charge in [-0.25, -0.2) is 5.43 Å². The van der Waals surface area contributed by atoms with Crippen LogP contribution in [-0.2, 0) is 11.2 Å². The average Bonchev–Trinajstić information content (AvgIpc) is 2.71. The third-order valence-corrected chi connectivity index (χ3v) is 3.92. The molecule has 1 N–H and O–H groups in total. The molecule has 6 nitrogen and oxygen atoms in total. The van der Waals surface area contributed by atoms with Crippen LogP contribution in [0.4, 0.5) is 0 Å². The van der Waals surface area contributed by atoms with E-state index in [1.807, 2.05) is 30.3 Å². The minimum absolute atomic E-state index is 0.0996. The largest absolute Gasteiger partial charge is 0.493 e. The molecule has 0 radical (unpaired) electrons. The second-order valence-electron chi connectivity index (χ2n) is 5.94. The van der Waals surface area contributed by atoms with E-state index in [-0.39, 0.29) is 12.5 Å². The Hall–Kier alpha value is -3.02. The Morgan fingerprint density at radius 3 is 2.48 bits per heavy atom. The van der Waals surface area contributed by atoms with Gasteiger partial charge in [-0.15, -0.1) is 0 Å². The maximum absolute atomic E-state index is 11.8. The summed E-state index contributed by atoms with van der Waals surface area (Å²) in [5, 5.41) is 3.93. The number of hydrogen-bond donors (Lipinski definition) is 1. The molecule has 0 aromatic heterocycles. The predicted molar refractivity (Wildman–Crippen MR) is 106 cm³/mol. The smallest absolute Gasteiger partial charge is 0.277 e. The Kier molecular flexibility index (Phi) is 8.16. The van der Waals surface area contributed by atoms with Crippen molar-refractivity contribution in [2.75, 3.05) is 20.8 Å². The van der Waals surface area contributed by atoms with E-state index in [2.05, 4.69) is 17.5 Å². The third-order valence-electron chi connectivity index (χ3n) is 3.92. The Morgan fingerprint density at radius 2 is 1.81 bits per heavy atom. The van der Waals surface area contributed by atoms with Crippen molar-refractivity contribution >= 4 is 12.1 Å². The quantitative estimate of drug-likeness (QED) is 0.513. The SMILES string of the molecule is CCCCc1ccc(OCC(=O)N/N=C/c2ccc(OC)c(OC)c2)cc1. The number of benzene rings is 2. The number of unbranched alkanes of at least 4 members (excludes halogenated alkanes) is 1. The van der Waals surface area contributed by atoms with Gasteiger partial charge in [-0.2, -0.15) is 5.10 Å². The van der Waals surface area contributed by atoms with Gasteiger partial charge in [-0.05, 0) is 54.3 Å². The van der Waals surface area contributed by atoms with Crippen molar-refractivity contribution in [1.29, 1.82) is 0 Å². The Bertz CT molecular complexity index is 757. The van der Waals surface area contributed by atoms with Crippen LogP contribution < -0.4 is 19.6 Å². The fraction of sp³-hybridized carbons (Fsp3) is 0.333. The highest BCUT2D eigenvalue weighted by Crippen LogP contribution is 2.26. The molecule has 1 amide bonds. The van der Waals surface area contributed by atoms with E-state index in [0.29, 0.717) is 17.2 Å². The highest BCUT2D eigenvalue weighted by Gasteiger charge is 2.04. The summed E-state index contributed by atoms with van der Waals surface area (Å²) in [6.45, 7) is 2.07. The predicted octanol–water partition coefficient (Wildman–Crippen LogP) is 3.58. The zero-order chi connectivity index (χ0) is 19.5. The summed E-state index contributed by atoms with van der Waals surface area (Å²) in [5.41, 5.74) is 4.49. The van der Waals surface area contributed by atoms with Gasteiger partial charge in [0.05, 0.1) is 20.4 Å². The molecule has 0 saturated carbocycles. The molecule has 0 unspecified atom stereocenters. The molecule has 27 heavy (non-hydrogen) atoms. The zero-order valence-corrected chi connectivity index (χ0v) is 16.0. The number of carbonyl (C=O) groups is 1. The van der Waals surface area contributed by atoms with Crippen LogP contribution in [0.2, 0.25) is 0 Å². The summed E-state index contributed by atoms with van der Waals surface area (Å²) in [6.07, 6.45) is 4.92. The van der Waals surface area contributed by atoms with Gasteiger partial charge in [0.1, 0.15) is 5.75 Å². The first kappa shape index (κ1) is 20.3. The number of ether oxygens (including phenoxy) is 3. The third kappa shape index (κ3) is 6.66. The number of rotatable bonds is 10. The maximum atomic E-state index is 11.8.